The molecule has 5 nitrogen and oxygen atoms in total. The summed E-state index contributed by atoms with van der Waals surface area (Å²) in [5.74, 6) is 0.718. The highest BCUT2D eigenvalue weighted by molar-refractivity contribution is 5.93. The predicted octanol–water partition coefficient (Wildman–Crippen LogP) is 1.99. The molecule has 0 radical (unpaired) electrons. The van der Waals surface area contributed by atoms with Crippen LogP contribution in [0.4, 0.5) is 0 Å². The van der Waals surface area contributed by atoms with E-state index in [0.717, 1.165) is 12.0 Å². The molecule has 22 heavy (non-hydrogen) atoms. The topological polar surface area (TPSA) is 66.3 Å². The number of aliphatic hydroxyl groups excluding tert-OH is 1. The molecule has 1 aromatic carbocycles. The van der Waals surface area contributed by atoms with Crippen LogP contribution in [0.15, 0.2) is 42.7 Å². The van der Waals surface area contributed by atoms with Gasteiger partial charge in [-0.15, -0.1) is 0 Å². The second-order valence-corrected chi connectivity index (χ2v) is 5.75. The first kappa shape index (κ1) is 14.7. The maximum atomic E-state index is 12.4. The summed E-state index contributed by atoms with van der Waals surface area (Å²) >= 11 is 0. The van der Waals surface area contributed by atoms with Gasteiger partial charge < -0.3 is 10.0 Å². The molecule has 3 rings (SSSR count). The van der Waals surface area contributed by atoms with Gasteiger partial charge in [0.15, 0.2) is 5.82 Å². The monoisotopic (exact) mass is 297 g/mol. The van der Waals surface area contributed by atoms with Crippen LogP contribution in [0, 0.1) is 5.92 Å². The van der Waals surface area contributed by atoms with Crippen molar-refractivity contribution in [1.82, 2.24) is 14.9 Å². The molecule has 2 aromatic rings. The Balaban J connectivity index is 1.74. The smallest absolute Gasteiger partial charge is 0.257 e. The van der Waals surface area contributed by atoms with Gasteiger partial charge in [0.05, 0.1) is 11.7 Å². The Hall–Kier alpha value is -2.27. The van der Waals surface area contributed by atoms with E-state index in [1.807, 2.05) is 37.3 Å². The SMILES string of the molecule is CC1CCN(C(=O)c2cnc(-c3ccccc3)nc2)CC1O. The number of hydrogen-bond acceptors (Lipinski definition) is 4. The van der Waals surface area contributed by atoms with Gasteiger partial charge in [0.2, 0.25) is 0 Å². The van der Waals surface area contributed by atoms with E-state index in [0.29, 0.717) is 24.5 Å². The van der Waals surface area contributed by atoms with Crippen LogP contribution < -0.4 is 0 Å². The quantitative estimate of drug-likeness (QED) is 0.920. The summed E-state index contributed by atoms with van der Waals surface area (Å²) in [5.41, 5.74) is 1.38. The number of nitrogens with zero attached hydrogens (tertiary/aromatic N) is 3. The lowest BCUT2D eigenvalue weighted by Gasteiger charge is -2.34. The molecule has 0 spiro atoms. The minimum Gasteiger partial charge on any atom is -0.391 e. The van der Waals surface area contributed by atoms with Crippen molar-refractivity contribution in [3.63, 3.8) is 0 Å². The Labute approximate surface area is 129 Å². The third kappa shape index (κ3) is 2.99. The maximum absolute atomic E-state index is 12.4. The van der Waals surface area contributed by atoms with Crippen molar-refractivity contribution < 1.29 is 9.90 Å². The number of likely N-dealkylation sites (tertiary alicyclic amines) is 1. The Morgan fingerprint density at radius 2 is 1.91 bits per heavy atom. The van der Waals surface area contributed by atoms with Crippen LogP contribution in [0.3, 0.4) is 0 Å². The first-order valence-electron chi connectivity index (χ1n) is 7.50. The summed E-state index contributed by atoms with van der Waals surface area (Å²) in [6.45, 7) is 3.04. The van der Waals surface area contributed by atoms with Crippen molar-refractivity contribution in [3.05, 3.63) is 48.3 Å². The van der Waals surface area contributed by atoms with E-state index in [1.54, 1.807) is 17.3 Å². The van der Waals surface area contributed by atoms with E-state index in [2.05, 4.69) is 9.97 Å². The summed E-state index contributed by atoms with van der Waals surface area (Å²) in [6, 6.07) is 9.64. The minimum atomic E-state index is -0.456. The lowest BCUT2D eigenvalue weighted by atomic mass is 9.96. The normalized spacial score (nSPS) is 21.6. The summed E-state index contributed by atoms with van der Waals surface area (Å²) in [4.78, 5) is 22.7. The number of piperidine rings is 1. The number of aromatic nitrogens is 2. The zero-order valence-corrected chi connectivity index (χ0v) is 12.5. The molecule has 0 bridgehead atoms. The van der Waals surface area contributed by atoms with Crippen molar-refractivity contribution in [3.8, 4) is 11.4 Å². The van der Waals surface area contributed by atoms with Gasteiger partial charge in [-0.05, 0) is 12.3 Å². The predicted molar refractivity (Wildman–Crippen MR) is 83.2 cm³/mol. The van der Waals surface area contributed by atoms with Crippen molar-refractivity contribution in [2.24, 2.45) is 5.92 Å². The molecule has 114 valence electrons. The van der Waals surface area contributed by atoms with Crippen LogP contribution in [-0.4, -0.2) is 45.1 Å². The van der Waals surface area contributed by atoms with Crippen LogP contribution in [0.5, 0.6) is 0 Å². The van der Waals surface area contributed by atoms with Gasteiger partial charge in [0.25, 0.3) is 5.91 Å². The van der Waals surface area contributed by atoms with Crippen molar-refractivity contribution in [1.29, 1.82) is 0 Å². The van der Waals surface area contributed by atoms with Gasteiger partial charge in [-0.2, -0.15) is 0 Å². The van der Waals surface area contributed by atoms with E-state index in [4.69, 9.17) is 0 Å². The van der Waals surface area contributed by atoms with Crippen LogP contribution in [0.2, 0.25) is 0 Å². The largest absolute Gasteiger partial charge is 0.391 e. The molecule has 1 aliphatic rings. The summed E-state index contributed by atoms with van der Waals surface area (Å²) in [7, 11) is 0. The van der Waals surface area contributed by atoms with E-state index in [-0.39, 0.29) is 11.8 Å². The van der Waals surface area contributed by atoms with Gasteiger partial charge >= 0.3 is 0 Å². The number of carbonyl (C=O) groups excluding carboxylic acids is 1. The minimum absolute atomic E-state index is 0.120. The van der Waals surface area contributed by atoms with Crippen molar-refractivity contribution >= 4 is 5.91 Å². The molecule has 1 saturated heterocycles. The standard InChI is InChI=1S/C17H19N3O2/c1-12-7-8-20(11-15(12)21)17(22)14-9-18-16(19-10-14)13-5-3-2-4-6-13/h2-6,9-10,12,15,21H,7-8,11H2,1H3. The molecule has 1 N–H and O–H groups in total. The number of benzene rings is 1. The van der Waals surface area contributed by atoms with E-state index >= 15 is 0 Å². The molecule has 1 aromatic heterocycles. The van der Waals surface area contributed by atoms with E-state index in [1.165, 1.54) is 0 Å². The zero-order chi connectivity index (χ0) is 15.5. The van der Waals surface area contributed by atoms with E-state index in [9.17, 15) is 9.90 Å². The Bertz CT molecular complexity index is 643. The fourth-order valence-corrected chi connectivity index (χ4v) is 2.59. The van der Waals surface area contributed by atoms with Crippen LogP contribution in [-0.2, 0) is 0 Å². The molecule has 0 aliphatic carbocycles. The zero-order valence-electron chi connectivity index (χ0n) is 12.5. The van der Waals surface area contributed by atoms with Crippen LogP contribution >= 0.6 is 0 Å². The van der Waals surface area contributed by atoms with Gasteiger partial charge in [0.1, 0.15) is 0 Å². The van der Waals surface area contributed by atoms with E-state index < -0.39 is 6.10 Å². The molecule has 2 atom stereocenters. The highest BCUT2D eigenvalue weighted by atomic mass is 16.3. The maximum Gasteiger partial charge on any atom is 0.257 e. The average molecular weight is 297 g/mol. The second kappa shape index (κ2) is 6.23. The molecule has 2 heterocycles. The Kier molecular flexibility index (Phi) is 4.15. The Morgan fingerprint density at radius 1 is 1.23 bits per heavy atom. The molecule has 0 saturated carbocycles. The van der Waals surface area contributed by atoms with Gasteiger partial charge in [0, 0.05) is 31.0 Å². The molecule has 1 amide bonds. The van der Waals surface area contributed by atoms with Crippen LogP contribution in [0.25, 0.3) is 11.4 Å². The summed E-state index contributed by atoms with van der Waals surface area (Å²) in [6.07, 6.45) is 3.47. The fraction of sp³-hybridized carbons (Fsp3) is 0.353. The number of β-amino-alcohol motifs (C(OH)–C–C–N with tert-alkyl or cyclic N) is 1. The third-order valence-electron chi connectivity index (χ3n) is 4.14. The fourth-order valence-electron chi connectivity index (χ4n) is 2.59. The lowest BCUT2D eigenvalue weighted by molar-refractivity contribution is 0.0248. The number of amides is 1. The Morgan fingerprint density at radius 3 is 2.55 bits per heavy atom. The molecule has 1 fully saturated rings. The van der Waals surface area contributed by atoms with Gasteiger partial charge in [-0.1, -0.05) is 37.3 Å². The molecule has 2 unspecified atom stereocenters. The number of rotatable bonds is 2. The summed E-state index contributed by atoms with van der Waals surface area (Å²) in [5, 5.41) is 9.91. The van der Waals surface area contributed by atoms with Crippen molar-refractivity contribution in [2.75, 3.05) is 13.1 Å². The van der Waals surface area contributed by atoms with Crippen molar-refractivity contribution in [2.45, 2.75) is 19.4 Å². The number of carbonyl (C=O) groups is 1. The second-order valence-electron chi connectivity index (χ2n) is 5.75. The average Bonchev–Trinajstić information content (AvgIpc) is 2.58. The molecule has 1 aliphatic heterocycles. The molecule has 5 heteroatoms. The first-order valence-corrected chi connectivity index (χ1v) is 7.50. The molecular weight excluding hydrogens is 278 g/mol. The van der Waals surface area contributed by atoms with Gasteiger partial charge in [-0.3, -0.25) is 4.79 Å². The van der Waals surface area contributed by atoms with Crippen LogP contribution in [0.1, 0.15) is 23.7 Å². The number of aliphatic hydroxyl groups is 1. The lowest BCUT2D eigenvalue weighted by Crippen LogP contribution is -2.45. The summed E-state index contributed by atoms with van der Waals surface area (Å²) < 4.78 is 0. The highest BCUT2D eigenvalue weighted by Gasteiger charge is 2.28. The molecular formula is C17H19N3O2. The first-order chi connectivity index (χ1) is 10.6. The van der Waals surface area contributed by atoms with Gasteiger partial charge in [-0.25, -0.2) is 9.97 Å². The third-order valence-corrected chi connectivity index (χ3v) is 4.14. The number of hydrogen-bond donors (Lipinski definition) is 1. The highest BCUT2D eigenvalue weighted by Crippen LogP contribution is 2.19.